The fourth-order valence-electron chi connectivity index (χ4n) is 5.24. The minimum atomic E-state index is -0.435. The average Bonchev–Trinajstić information content (AvgIpc) is 3.11. The molecule has 2 aliphatic rings. The van der Waals surface area contributed by atoms with Gasteiger partial charge in [-0.15, -0.1) is 0 Å². The molecule has 1 saturated carbocycles. The summed E-state index contributed by atoms with van der Waals surface area (Å²) >= 11 is 0. The SMILES string of the molecule is O=C(NC[C@@H]1[C@@H](c2ccccc2)[C@]12CN(Cc1cccnc1)C[C@H]2O)c1cn[nH]c1.O=CO. The summed E-state index contributed by atoms with van der Waals surface area (Å²) in [6.07, 6.45) is 6.32. The number of hydrogen-bond donors (Lipinski definition) is 4. The van der Waals surface area contributed by atoms with Gasteiger partial charge in [0.15, 0.2) is 0 Å². The summed E-state index contributed by atoms with van der Waals surface area (Å²) in [4.78, 5) is 27.3. The molecule has 0 radical (unpaired) electrons. The normalized spacial score (nSPS) is 25.8. The number of nitrogens with zero attached hydrogens (tertiary/aromatic N) is 3. The summed E-state index contributed by atoms with van der Waals surface area (Å²) in [7, 11) is 0. The predicted octanol–water partition coefficient (Wildman–Crippen LogP) is 1.51. The molecule has 1 aliphatic carbocycles. The zero-order chi connectivity index (χ0) is 23.3. The second kappa shape index (κ2) is 9.93. The molecule has 9 heteroatoms. The van der Waals surface area contributed by atoms with Crippen LogP contribution in [0.3, 0.4) is 0 Å². The minimum absolute atomic E-state index is 0.141. The van der Waals surface area contributed by atoms with E-state index in [0.29, 0.717) is 18.7 Å². The zero-order valence-electron chi connectivity index (χ0n) is 18.0. The standard InChI is InChI=1S/C23H25N5O2.CH2O2/c29-20-14-28(13-16-5-4-8-24-9-16)15-23(20)19(21(23)17-6-2-1-3-7-17)12-25-22(30)18-10-26-27-11-18;2-1-3/h1-11,19-21,29H,12-15H2,(H,25,30)(H,26,27);1H,(H,2,3)/t19-,20-,21-,23-;/m1./s1. The molecule has 4 N–H and O–H groups in total. The van der Waals surface area contributed by atoms with Gasteiger partial charge in [0.25, 0.3) is 12.4 Å². The Balaban J connectivity index is 0.000000821. The van der Waals surface area contributed by atoms with Gasteiger partial charge in [-0.2, -0.15) is 5.10 Å². The Bertz CT molecular complexity index is 1050. The number of aromatic nitrogens is 3. The maximum absolute atomic E-state index is 12.4. The van der Waals surface area contributed by atoms with E-state index in [1.165, 1.54) is 11.8 Å². The van der Waals surface area contributed by atoms with Crippen LogP contribution in [0.25, 0.3) is 0 Å². The van der Waals surface area contributed by atoms with Crippen molar-refractivity contribution >= 4 is 12.4 Å². The largest absolute Gasteiger partial charge is 0.483 e. The summed E-state index contributed by atoms with van der Waals surface area (Å²) in [6, 6.07) is 14.3. The molecule has 1 amide bonds. The number of carboxylic acid groups (broad SMARTS) is 1. The molecule has 3 heterocycles. The number of carbonyl (C=O) groups excluding carboxylic acids is 1. The van der Waals surface area contributed by atoms with Crippen molar-refractivity contribution in [3.8, 4) is 0 Å². The Hall–Kier alpha value is -3.56. The Labute approximate surface area is 191 Å². The molecule has 1 aliphatic heterocycles. The van der Waals surface area contributed by atoms with E-state index in [9.17, 15) is 9.90 Å². The van der Waals surface area contributed by atoms with Crippen molar-refractivity contribution < 1.29 is 19.8 Å². The highest BCUT2D eigenvalue weighted by Crippen LogP contribution is 2.68. The van der Waals surface area contributed by atoms with Crippen LogP contribution in [0.2, 0.25) is 0 Å². The van der Waals surface area contributed by atoms with Crippen LogP contribution < -0.4 is 5.32 Å². The number of rotatable bonds is 6. The van der Waals surface area contributed by atoms with Gasteiger partial charge in [0.1, 0.15) is 0 Å². The van der Waals surface area contributed by atoms with Gasteiger partial charge in [-0.1, -0.05) is 36.4 Å². The van der Waals surface area contributed by atoms with Crippen LogP contribution in [0.4, 0.5) is 0 Å². The summed E-state index contributed by atoms with van der Waals surface area (Å²) in [5, 5.41) is 27.6. The van der Waals surface area contributed by atoms with Crippen LogP contribution in [-0.4, -0.2) is 68.4 Å². The van der Waals surface area contributed by atoms with Gasteiger partial charge < -0.3 is 15.5 Å². The van der Waals surface area contributed by atoms with Gasteiger partial charge in [-0.05, 0) is 29.0 Å². The van der Waals surface area contributed by atoms with E-state index < -0.39 is 6.10 Å². The summed E-state index contributed by atoms with van der Waals surface area (Å²) < 4.78 is 0. The molecule has 9 nitrogen and oxygen atoms in total. The number of aliphatic hydroxyl groups excluding tert-OH is 1. The lowest BCUT2D eigenvalue weighted by Crippen LogP contribution is -2.30. The molecule has 4 atom stereocenters. The highest BCUT2D eigenvalue weighted by molar-refractivity contribution is 5.93. The first kappa shape index (κ1) is 22.6. The van der Waals surface area contributed by atoms with Crippen LogP contribution in [0.1, 0.15) is 27.4 Å². The van der Waals surface area contributed by atoms with Crippen molar-refractivity contribution in [2.75, 3.05) is 19.6 Å². The third kappa shape index (κ3) is 4.64. The average molecular weight is 450 g/mol. The number of aliphatic hydroxyl groups is 1. The van der Waals surface area contributed by atoms with Crippen LogP contribution in [0.5, 0.6) is 0 Å². The highest BCUT2D eigenvalue weighted by atomic mass is 16.3. The number of pyridine rings is 1. The Morgan fingerprint density at radius 2 is 2.03 bits per heavy atom. The van der Waals surface area contributed by atoms with Gasteiger partial charge in [0.05, 0.1) is 17.9 Å². The number of benzene rings is 1. The number of nitrogens with one attached hydrogen (secondary N) is 2. The van der Waals surface area contributed by atoms with Gasteiger partial charge in [-0.25, -0.2) is 0 Å². The molecule has 1 aromatic carbocycles. The molecule has 172 valence electrons. The topological polar surface area (TPSA) is 131 Å². The smallest absolute Gasteiger partial charge is 0.290 e. The van der Waals surface area contributed by atoms with Crippen LogP contribution >= 0.6 is 0 Å². The summed E-state index contributed by atoms with van der Waals surface area (Å²) in [5.41, 5.74) is 2.64. The summed E-state index contributed by atoms with van der Waals surface area (Å²) in [5.74, 6) is 0.263. The number of aromatic amines is 1. The third-order valence-corrected chi connectivity index (χ3v) is 6.64. The number of likely N-dealkylation sites (tertiary alicyclic amines) is 1. The van der Waals surface area contributed by atoms with Crippen molar-refractivity contribution in [3.05, 3.63) is 83.9 Å². The lowest BCUT2D eigenvalue weighted by atomic mass is 9.95. The first-order valence-corrected chi connectivity index (χ1v) is 10.8. The quantitative estimate of drug-likeness (QED) is 0.420. The molecule has 3 aromatic rings. The molecule has 2 aromatic heterocycles. The zero-order valence-corrected chi connectivity index (χ0v) is 18.0. The van der Waals surface area contributed by atoms with E-state index in [1.54, 1.807) is 12.4 Å². The van der Waals surface area contributed by atoms with E-state index in [4.69, 9.17) is 9.90 Å². The maximum Gasteiger partial charge on any atom is 0.290 e. The van der Waals surface area contributed by atoms with Gasteiger partial charge >= 0.3 is 0 Å². The van der Waals surface area contributed by atoms with Crippen LogP contribution in [0, 0.1) is 11.3 Å². The van der Waals surface area contributed by atoms with Crippen molar-refractivity contribution in [1.29, 1.82) is 0 Å². The van der Waals surface area contributed by atoms with E-state index in [2.05, 4.69) is 43.6 Å². The number of carbonyl (C=O) groups is 2. The molecule has 33 heavy (non-hydrogen) atoms. The Morgan fingerprint density at radius 1 is 1.24 bits per heavy atom. The van der Waals surface area contributed by atoms with Crippen LogP contribution in [0.15, 0.2) is 67.3 Å². The summed E-state index contributed by atoms with van der Waals surface area (Å²) in [6.45, 7) is 2.48. The number of β-amino-alcohol motifs (C(OH)–C–C–N with tert-alkyl or cyclic N) is 1. The van der Waals surface area contributed by atoms with E-state index in [1.807, 2.05) is 30.5 Å². The Kier molecular flexibility index (Phi) is 6.81. The first-order valence-electron chi connectivity index (χ1n) is 10.8. The molecule has 0 unspecified atom stereocenters. The van der Waals surface area contributed by atoms with E-state index in [0.717, 1.165) is 18.7 Å². The van der Waals surface area contributed by atoms with Crippen LogP contribution in [-0.2, 0) is 11.3 Å². The van der Waals surface area contributed by atoms with Crippen molar-refractivity contribution in [2.24, 2.45) is 11.3 Å². The maximum atomic E-state index is 12.4. The monoisotopic (exact) mass is 449 g/mol. The second-order valence-electron chi connectivity index (χ2n) is 8.46. The van der Waals surface area contributed by atoms with Crippen molar-refractivity contribution in [2.45, 2.75) is 18.6 Å². The first-order chi connectivity index (χ1) is 16.1. The molecule has 5 rings (SSSR count). The van der Waals surface area contributed by atoms with Gasteiger partial charge in [0, 0.05) is 50.2 Å². The minimum Gasteiger partial charge on any atom is -0.483 e. The highest BCUT2D eigenvalue weighted by Gasteiger charge is 2.70. The molecule has 1 saturated heterocycles. The number of H-pyrrole nitrogens is 1. The molecular weight excluding hydrogens is 422 g/mol. The van der Waals surface area contributed by atoms with Gasteiger partial charge in [0.2, 0.25) is 0 Å². The molecular formula is C24H27N5O4. The van der Waals surface area contributed by atoms with E-state index in [-0.39, 0.29) is 29.6 Å². The molecule has 2 fully saturated rings. The number of amides is 1. The lowest BCUT2D eigenvalue weighted by molar-refractivity contribution is -0.122. The van der Waals surface area contributed by atoms with E-state index >= 15 is 0 Å². The van der Waals surface area contributed by atoms with Gasteiger partial charge in [-0.3, -0.25) is 24.6 Å². The van der Waals surface area contributed by atoms with Crippen molar-refractivity contribution in [3.63, 3.8) is 0 Å². The lowest BCUT2D eigenvalue weighted by Gasteiger charge is -2.16. The molecule has 0 bridgehead atoms. The fourth-order valence-corrected chi connectivity index (χ4v) is 5.24. The fraction of sp³-hybridized carbons (Fsp3) is 0.333. The number of hydrogen-bond acceptors (Lipinski definition) is 6. The Morgan fingerprint density at radius 3 is 2.70 bits per heavy atom. The second-order valence-corrected chi connectivity index (χ2v) is 8.46. The molecule has 1 spiro atoms. The predicted molar refractivity (Wildman–Crippen MR) is 120 cm³/mol. The van der Waals surface area contributed by atoms with Crippen molar-refractivity contribution in [1.82, 2.24) is 25.4 Å². The third-order valence-electron chi connectivity index (χ3n) is 6.64.